The highest BCUT2D eigenvalue weighted by Gasteiger charge is 2.48. The molecule has 7 heteroatoms. The highest BCUT2D eigenvalue weighted by atomic mass is 16.5. The number of benzene rings is 1. The Morgan fingerprint density at radius 2 is 1.78 bits per heavy atom. The minimum absolute atomic E-state index is 0.0623. The molecule has 4 atom stereocenters. The summed E-state index contributed by atoms with van der Waals surface area (Å²) in [6.45, 7) is 5.69. The number of nitrogens with zero attached hydrogens (tertiary/aromatic N) is 1. The van der Waals surface area contributed by atoms with Gasteiger partial charge in [-0.3, -0.25) is 4.79 Å². The molecule has 4 unspecified atom stereocenters. The maximum absolute atomic E-state index is 12.7. The second-order valence-corrected chi connectivity index (χ2v) is 11.5. The van der Waals surface area contributed by atoms with Crippen molar-refractivity contribution in [1.29, 1.82) is 0 Å². The topological polar surface area (TPSA) is 88.5 Å². The fraction of sp³-hybridized carbons (Fsp3) is 0.552. The molecular formula is C29H37N3O4. The first-order valence-corrected chi connectivity index (χ1v) is 13.3. The molecule has 3 aromatic rings. The summed E-state index contributed by atoms with van der Waals surface area (Å²) in [6.07, 6.45) is 10.0. The van der Waals surface area contributed by atoms with Crippen LogP contribution < -0.4 is 15.6 Å². The van der Waals surface area contributed by atoms with E-state index in [0.29, 0.717) is 29.6 Å². The van der Waals surface area contributed by atoms with E-state index in [1.54, 1.807) is 31.7 Å². The maximum Gasteiger partial charge on any atom is 0.274 e. The van der Waals surface area contributed by atoms with Crippen molar-refractivity contribution in [1.82, 2.24) is 14.9 Å². The van der Waals surface area contributed by atoms with E-state index >= 15 is 0 Å². The van der Waals surface area contributed by atoms with Crippen LogP contribution in [-0.2, 0) is 17.4 Å². The second kappa shape index (κ2) is 9.05. The van der Waals surface area contributed by atoms with E-state index in [1.807, 2.05) is 30.5 Å². The Hall–Kier alpha value is -2.61. The maximum atomic E-state index is 12.7. The molecule has 1 aromatic carbocycles. The van der Waals surface area contributed by atoms with Crippen molar-refractivity contribution in [2.24, 2.45) is 18.9 Å². The number of pyridine rings is 1. The molecule has 0 spiro atoms. The number of hydrogen-bond acceptors (Lipinski definition) is 5. The van der Waals surface area contributed by atoms with Gasteiger partial charge in [-0.25, -0.2) is 0 Å². The number of piperidine rings is 1. The number of aryl methyl sites for hydroxylation is 1. The summed E-state index contributed by atoms with van der Waals surface area (Å²) >= 11 is 0. The number of hydrogen-bond donors (Lipinski definition) is 3. The molecule has 3 fully saturated rings. The minimum atomic E-state index is -0.989. The number of fused-ring (bicyclic) bond motifs is 3. The SMILES string of the molecule is Cn1cc(-c2cc(C(C)(C)O)ccc2OC2CC3CC2CC3OC2CCNCC2)c2cc[nH]c2c1=O. The van der Waals surface area contributed by atoms with Crippen molar-refractivity contribution in [2.45, 2.75) is 69.9 Å². The molecule has 3 N–H and O–H groups in total. The number of H-pyrrole nitrogens is 1. The summed E-state index contributed by atoms with van der Waals surface area (Å²) in [5.74, 6) is 1.86. The predicted molar refractivity (Wildman–Crippen MR) is 140 cm³/mol. The first kappa shape index (κ1) is 23.8. The largest absolute Gasteiger partial charge is 0.489 e. The molecule has 0 amide bonds. The van der Waals surface area contributed by atoms with Crippen LogP contribution >= 0.6 is 0 Å². The van der Waals surface area contributed by atoms with E-state index in [9.17, 15) is 9.90 Å². The number of nitrogens with one attached hydrogen (secondary N) is 2. The fourth-order valence-corrected chi connectivity index (χ4v) is 6.53. The van der Waals surface area contributed by atoms with Crippen LogP contribution in [0.3, 0.4) is 0 Å². The molecule has 2 aromatic heterocycles. The number of ether oxygens (including phenoxy) is 2. The van der Waals surface area contributed by atoms with E-state index in [2.05, 4.69) is 10.3 Å². The van der Waals surface area contributed by atoms with Crippen molar-refractivity contribution in [3.63, 3.8) is 0 Å². The van der Waals surface area contributed by atoms with Crippen molar-refractivity contribution < 1.29 is 14.6 Å². The van der Waals surface area contributed by atoms with E-state index in [-0.39, 0.29) is 11.7 Å². The molecule has 2 aliphatic carbocycles. The Morgan fingerprint density at radius 1 is 1.03 bits per heavy atom. The molecule has 192 valence electrons. The zero-order chi connectivity index (χ0) is 25.0. The van der Waals surface area contributed by atoms with Crippen LogP contribution in [-0.4, -0.2) is 46.1 Å². The molecule has 2 bridgehead atoms. The average molecular weight is 492 g/mol. The van der Waals surface area contributed by atoms with Crippen molar-refractivity contribution >= 4 is 10.9 Å². The molecule has 6 rings (SSSR count). The first-order chi connectivity index (χ1) is 17.3. The smallest absolute Gasteiger partial charge is 0.274 e. The Kier molecular flexibility index (Phi) is 5.97. The Morgan fingerprint density at radius 3 is 2.50 bits per heavy atom. The van der Waals surface area contributed by atoms with Gasteiger partial charge in [-0.2, -0.15) is 0 Å². The van der Waals surface area contributed by atoms with Crippen LogP contribution in [0.1, 0.15) is 51.5 Å². The van der Waals surface area contributed by atoms with Gasteiger partial charge < -0.3 is 29.4 Å². The van der Waals surface area contributed by atoms with Gasteiger partial charge in [-0.05, 0) is 94.6 Å². The third-order valence-corrected chi connectivity index (χ3v) is 8.53. The van der Waals surface area contributed by atoms with Crippen LogP contribution in [0.2, 0.25) is 0 Å². The molecule has 2 saturated carbocycles. The van der Waals surface area contributed by atoms with Gasteiger partial charge >= 0.3 is 0 Å². The lowest BCUT2D eigenvalue weighted by atomic mass is 9.92. The molecule has 7 nitrogen and oxygen atoms in total. The van der Waals surface area contributed by atoms with Gasteiger partial charge in [0, 0.05) is 36.0 Å². The Labute approximate surface area is 211 Å². The predicted octanol–water partition coefficient (Wildman–Crippen LogP) is 4.08. The second-order valence-electron chi connectivity index (χ2n) is 11.5. The summed E-state index contributed by atoms with van der Waals surface area (Å²) in [7, 11) is 1.77. The van der Waals surface area contributed by atoms with Gasteiger partial charge in [0.2, 0.25) is 0 Å². The lowest BCUT2D eigenvalue weighted by Crippen LogP contribution is -2.38. The van der Waals surface area contributed by atoms with Crippen LogP contribution in [0.15, 0.2) is 41.5 Å². The Balaban J connectivity index is 1.29. The minimum Gasteiger partial charge on any atom is -0.489 e. The summed E-state index contributed by atoms with van der Waals surface area (Å²) in [6, 6.07) is 7.89. The zero-order valence-corrected chi connectivity index (χ0v) is 21.4. The number of aromatic nitrogens is 2. The summed E-state index contributed by atoms with van der Waals surface area (Å²) in [5.41, 5.74) is 2.16. The summed E-state index contributed by atoms with van der Waals surface area (Å²) in [5, 5.41) is 15.0. The van der Waals surface area contributed by atoms with Crippen molar-refractivity contribution in [2.75, 3.05) is 13.1 Å². The molecular weight excluding hydrogens is 454 g/mol. The average Bonchev–Trinajstić information content (AvgIpc) is 3.58. The van der Waals surface area contributed by atoms with Crippen LogP contribution in [0.25, 0.3) is 22.0 Å². The normalized spacial score (nSPS) is 26.7. The van der Waals surface area contributed by atoms with E-state index in [4.69, 9.17) is 9.47 Å². The lowest BCUT2D eigenvalue weighted by molar-refractivity contribution is -0.0621. The molecule has 3 heterocycles. The van der Waals surface area contributed by atoms with E-state index < -0.39 is 5.60 Å². The van der Waals surface area contributed by atoms with Crippen molar-refractivity contribution in [3.05, 3.63) is 52.6 Å². The number of rotatable bonds is 6. The van der Waals surface area contributed by atoms with Gasteiger partial charge in [0.15, 0.2) is 0 Å². The third-order valence-electron chi connectivity index (χ3n) is 8.53. The standard InChI is InChI=1S/C29H37N3O4/c1-29(2,34)19-4-5-24(22(15-19)23-16-32(3)28(33)27-21(23)8-11-31-27)36-26-14-17-12-18(26)13-25(17)35-20-6-9-30-10-7-20/h4-5,8,11,15-18,20,25-26,30-31,34H,6-7,9-10,12-14H2,1-3H3. The number of aliphatic hydroxyl groups is 1. The van der Waals surface area contributed by atoms with Gasteiger partial charge in [-0.1, -0.05) is 6.07 Å². The third kappa shape index (κ3) is 4.27. The van der Waals surface area contributed by atoms with Gasteiger partial charge in [0.05, 0.1) is 17.8 Å². The molecule has 1 aliphatic heterocycles. The van der Waals surface area contributed by atoms with Gasteiger partial charge in [-0.15, -0.1) is 0 Å². The van der Waals surface area contributed by atoms with Crippen LogP contribution in [0, 0.1) is 11.8 Å². The molecule has 1 saturated heterocycles. The van der Waals surface area contributed by atoms with E-state index in [0.717, 1.165) is 66.6 Å². The Bertz CT molecular complexity index is 1310. The van der Waals surface area contributed by atoms with Crippen molar-refractivity contribution in [3.8, 4) is 16.9 Å². The molecule has 36 heavy (non-hydrogen) atoms. The quantitative estimate of drug-likeness (QED) is 0.484. The summed E-state index contributed by atoms with van der Waals surface area (Å²) < 4.78 is 14.9. The highest BCUT2D eigenvalue weighted by Crippen LogP contribution is 2.49. The van der Waals surface area contributed by atoms with Gasteiger partial charge in [0.25, 0.3) is 5.56 Å². The van der Waals surface area contributed by atoms with Crippen LogP contribution in [0.4, 0.5) is 0 Å². The van der Waals surface area contributed by atoms with Gasteiger partial charge in [0.1, 0.15) is 17.4 Å². The zero-order valence-electron chi connectivity index (χ0n) is 21.4. The lowest BCUT2D eigenvalue weighted by Gasteiger charge is -2.33. The highest BCUT2D eigenvalue weighted by molar-refractivity contribution is 5.96. The molecule has 0 radical (unpaired) electrons. The first-order valence-electron chi connectivity index (χ1n) is 13.3. The fourth-order valence-electron chi connectivity index (χ4n) is 6.53. The van der Waals surface area contributed by atoms with E-state index in [1.165, 1.54) is 6.42 Å². The summed E-state index contributed by atoms with van der Waals surface area (Å²) in [4.78, 5) is 15.8. The number of aromatic amines is 1. The van der Waals surface area contributed by atoms with Crippen LogP contribution in [0.5, 0.6) is 5.75 Å². The monoisotopic (exact) mass is 491 g/mol. The molecule has 3 aliphatic rings.